The highest BCUT2D eigenvalue weighted by molar-refractivity contribution is 6.11. The van der Waals surface area contributed by atoms with Crippen LogP contribution in [0.15, 0.2) is 65.3 Å². The second-order valence-electron chi connectivity index (χ2n) is 8.29. The molecule has 1 fully saturated rings. The summed E-state index contributed by atoms with van der Waals surface area (Å²) in [6, 6.07) is 14.7. The van der Waals surface area contributed by atoms with Crippen molar-refractivity contribution in [3.63, 3.8) is 0 Å². The number of nitro benzene ring substituents is 1. The van der Waals surface area contributed by atoms with Crippen LogP contribution in [0.4, 0.5) is 11.4 Å². The van der Waals surface area contributed by atoms with Crippen molar-refractivity contribution in [3.8, 4) is 5.75 Å². The van der Waals surface area contributed by atoms with Crippen molar-refractivity contribution in [3.05, 3.63) is 87.9 Å². The fraction of sp³-hybridized carbons (Fsp3) is 0.250. The van der Waals surface area contributed by atoms with Crippen LogP contribution in [0.5, 0.6) is 5.75 Å². The third-order valence-corrected chi connectivity index (χ3v) is 6.71. The molecule has 0 bridgehead atoms. The molecular formula is C24H21N3O6. The number of hydrogen-bond acceptors (Lipinski definition) is 7. The second kappa shape index (κ2) is 7.56. The monoisotopic (exact) mass is 447 g/mol. The number of nitro groups is 1. The summed E-state index contributed by atoms with van der Waals surface area (Å²) in [4.78, 5) is 40.3. The van der Waals surface area contributed by atoms with E-state index in [9.17, 15) is 19.7 Å². The predicted octanol–water partition coefficient (Wildman–Crippen LogP) is 3.57. The third-order valence-electron chi connectivity index (χ3n) is 6.71. The van der Waals surface area contributed by atoms with Crippen molar-refractivity contribution in [1.29, 1.82) is 0 Å². The topological polar surface area (TPSA) is 115 Å². The number of ketones is 1. The van der Waals surface area contributed by atoms with Gasteiger partial charge >= 0.3 is 0 Å². The number of Topliss-reactive ketones (excluding diaryl/α,β-unsaturated/α-hetero) is 1. The van der Waals surface area contributed by atoms with E-state index in [1.807, 2.05) is 4.90 Å². The number of furan rings is 1. The van der Waals surface area contributed by atoms with Gasteiger partial charge in [-0.1, -0.05) is 12.1 Å². The number of benzene rings is 2. The van der Waals surface area contributed by atoms with Crippen LogP contribution in [0, 0.1) is 16.0 Å². The minimum Gasteiger partial charge on any atom is -0.497 e. The molecule has 5 rings (SSSR count). The molecule has 2 aliphatic rings. The molecule has 0 radical (unpaired) electrons. The van der Waals surface area contributed by atoms with Crippen LogP contribution in [0.3, 0.4) is 0 Å². The molecule has 2 aromatic carbocycles. The van der Waals surface area contributed by atoms with Crippen LogP contribution >= 0.6 is 0 Å². The first kappa shape index (κ1) is 20.9. The maximum Gasteiger partial charge on any atom is 0.269 e. The Morgan fingerprint density at radius 1 is 1.24 bits per heavy atom. The Morgan fingerprint density at radius 3 is 2.76 bits per heavy atom. The summed E-state index contributed by atoms with van der Waals surface area (Å²) in [5.74, 6) is -1.35. The minimum absolute atomic E-state index is 0.0711. The molecule has 33 heavy (non-hydrogen) atoms. The van der Waals surface area contributed by atoms with Crippen molar-refractivity contribution >= 4 is 23.1 Å². The lowest BCUT2D eigenvalue weighted by molar-refractivity contribution is -0.384. The van der Waals surface area contributed by atoms with Gasteiger partial charge in [-0.2, -0.15) is 0 Å². The molecular weight excluding hydrogens is 426 g/mol. The van der Waals surface area contributed by atoms with Crippen molar-refractivity contribution in [1.82, 2.24) is 4.90 Å². The Balaban J connectivity index is 1.74. The number of fused-ring (bicyclic) bond motifs is 2. The molecule has 3 heterocycles. The van der Waals surface area contributed by atoms with Crippen LogP contribution < -0.4 is 10.1 Å². The number of carbonyl (C=O) groups is 2. The van der Waals surface area contributed by atoms with E-state index in [4.69, 9.17) is 9.15 Å². The van der Waals surface area contributed by atoms with Gasteiger partial charge in [-0.15, -0.1) is 0 Å². The van der Waals surface area contributed by atoms with E-state index < -0.39 is 22.3 Å². The molecule has 0 aliphatic carbocycles. The van der Waals surface area contributed by atoms with Gasteiger partial charge in [-0.05, 0) is 42.9 Å². The van der Waals surface area contributed by atoms with Gasteiger partial charge in [-0.3, -0.25) is 24.6 Å². The average molecular weight is 447 g/mol. The maximum absolute atomic E-state index is 13.9. The van der Waals surface area contributed by atoms with Crippen LogP contribution in [0.25, 0.3) is 0 Å². The summed E-state index contributed by atoms with van der Waals surface area (Å²) in [5, 5.41) is 14.3. The third kappa shape index (κ3) is 2.96. The van der Waals surface area contributed by atoms with E-state index in [0.29, 0.717) is 29.1 Å². The summed E-state index contributed by atoms with van der Waals surface area (Å²) in [7, 11) is 3.32. The number of rotatable bonds is 5. The highest BCUT2D eigenvalue weighted by atomic mass is 16.6. The largest absolute Gasteiger partial charge is 0.497 e. The highest BCUT2D eigenvalue weighted by Crippen LogP contribution is 2.56. The zero-order chi connectivity index (χ0) is 23.3. The number of hydrogen-bond donors (Lipinski definition) is 1. The number of likely N-dealkylation sites (N-methyl/N-ethyl adjacent to an activating group) is 1. The fourth-order valence-corrected chi connectivity index (χ4v) is 5.29. The molecule has 3 unspecified atom stereocenters. The van der Waals surface area contributed by atoms with Crippen LogP contribution in [-0.2, 0) is 10.3 Å². The number of anilines is 1. The number of likely N-dealkylation sites (tertiary alicyclic amines) is 1. The summed E-state index contributed by atoms with van der Waals surface area (Å²) < 4.78 is 10.8. The van der Waals surface area contributed by atoms with Crippen LogP contribution in [0.1, 0.15) is 27.6 Å². The van der Waals surface area contributed by atoms with Gasteiger partial charge in [-0.25, -0.2) is 0 Å². The van der Waals surface area contributed by atoms with Crippen molar-refractivity contribution in [2.24, 2.45) is 5.92 Å². The highest BCUT2D eigenvalue weighted by Gasteiger charge is 2.64. The van der Waals surface area contributed by atoms with E-state index >= 15 is 0 Å². The Bertz CT molecular complexity index is 1270. The van der Waals surface area contributed by atoms with E-state index in [0.717, 1.165) is 0 Å². The molecule has 1 aromatic heterocycles. The van der Waals surface area contributed by atoms with Gasteiger partial charge in [0.25, 0.3) is 5.69 Å². The fourth-order valence-electron chi connectivity index (χ4n) is 5.29. The Hall–Kier alpha value is -3.98. The van der Waals surface area contributed by atoms with Crippen LogP contribution in [-0.4, -0.2) is 42.2 Å². The first-order valence-corrected chi connectivity index (χ1v) is 10.4. The van der Waals surface area contributed by atoms with E-state index in [-0.39, 0.29) is 23.1 Å². The molecule has 9 heteroatoms. The van der Waals surface area contributed by atoms with Crippen molar-refractivity contribution < 1.29 is 23.7 Å². The van der Waals surface area contributed by atoms with E-state index in [2.05, 4.69) is 5.32 Å². The predicted molar refractivity (Wildman–Crippen MR) is 118 cm³/mol. The number of non-ortho nitro benzene ring substituents is 1. The molecule has 0 saturated carbocycles. The molecule has 1 spiro atoms. The Kier molecular flexibility index (Phi) is 4.79. The average Bonchev–Trinajstić information content (AvgIpc) is 3.52. The SMILES string of the molecule is COc1ccc2c(c1)C1(C(=O)N2)C(C(=O)c2ccco2)C(c2cccc([N+](=O)[O-])c2)CN1C. The number of nitrogens with zero attached hydrogens (tertiary/aromatic N) is 2. The lowest BCUT2D eigenvalue weighted by Crippen LogP contribution is -2.51. The molecule has 2 aliphatic heterocycles. The zero-order valence-electron chi connectivity index (χ0n) is 18.0. The zero-order valence-corrected chi connectivity index (χ0v) is 18.0. The van der Waals surface area contributed by atoms with Crippen molar-refractivity contribution in [2.75, 3.05) is 26.0 Å². The molecule has 3 atom stereocenters. The number of ether oxygens (including phenoxy) is 1. The van der Waals surface area contributed by atoms with E-state index in [1.54, 1.807) is 49.5 Å². The summed E-state index contributed by atoms with van der Waals surface area (Å²) in [5.41, 5.74) is 0.445. The van der Waals surface area contributed by atoms with Gasteiger partial charge in [0.2, 0.25) is 11.7 Å². The van der Waals surface area contributed by atoms with Crippen molar-refractivity contribution in [2.45, 2.75) is 11.5 Å². The van der Waals surface area contributed by atoms with Gasteiger partial charge in [0, 0.05) is 35.8 Å². The summed E-state index contributed by atoms with van der Waals surface area (Å²) >= 11 is 0. The molecule has 1 saturated heterocycles. The van der Waals surface area contributed by atoms with Gasteiger partial charge in [0.1, 0.15) is 11.3 Å². The quantitative estimate of drug-likeness (QED) is 0.361. The molecule has 1 amide bonds. The second-order valence-corrected chi connectivity index (χ2v) is 8.29. The normalized spacial score (nSPS) is 24.0. The molecule has 168 valence electrons. The molecule has 1 N–H and O–H groups in total. The maximum atomic E-state index is 13.9. The number of carbonyl (C=O) groups excluding carboxylic acids is 2. The number of nitrogens with one attached hydrogen (secondary N) is 1. The number of amides is 1. The standard InChI is InChI=1S/C24H21N3O6/c1-26-13-17(14-5-3-6-15(11-14)27(30)31)21(22(28)20-7-4-10-33-20)24(26)18-12-16(32-2)8-9-19(18)25-23(24)29/h3-12,17,21H,13H2,1-2H3,(H,25,29). The smallest absolute Gasteiger partial charge is 0.269 e. The summed E-state index contributed by atoms with van der Waals surface area (Å²) in [6.45, 7) is 0.336. The van der Waals surface area contributed by atoms with Crippen LogP contribution in [0.2, 0.25) is 0 Å². The molecule has 3 aromatic rings. The first-order valence-electron chi connectivity index (χ1n) is 10.4. The van der Waals surface area contributed by atoms with Gasteiger partial charge < -0.3 is 14.5 Å². The first-order chi connectivity index (χ1) is 15.9. The molecule has 9 nitrogen and oxygen atoms in total. The minimum atomic E-state index is -1.33. The van der Waals surface area contributed by atoms with Gasteiger partial charge in [0.05, 0.1) is 24.2 Å². The lowest BCUT2D eigenvalue weighted by Gasteiger charge is -2.35. The number of methoxy groups -OCH3 is 1. The lowest BCUT2D eigenvalue weighted by atomic mass is 9.71. The van der Waals surface area contributed by atoms with E-state index in [1.165, 1.54) is 25.5 Å². The summed E-state index contributed by atoms with van der Waals surface area (Å²) in [6.07, 6.45) is 1.41. The Morgan fingerprint density at radius 2 is 2.06 bits per heavy atom. The van der Waals surface area contributed by atoms with Gasteiger partial charge in [0.15, 0.2) is 5.76 Å². The Labute approximate surface area is 189 Å².